The molecule has 0 radical (unpaired) electrons. The topological polar surface area (TPSA) is 89.8 Å². The monoisotopic (exact) mass is 419 g/mol. The predicted molar refractivity (Wildman–Crippen MR) is 119 cm³/mol. The predicted octanol–water partition coefficient (Wildman–Crippen LogP) is 3.75. The van der Waals surface area contributed by atoms with Gasteiger partial charge in [0.25, 0.3) is 5.56 Å². The average Bonchev–Trinajstić information content (AvgIpc) is 3.15. The molecule has 2 aromatic carbocycles. The van der Waals surface area contributed by atoms with E-state index in [4.69, 9.17) is 0 Å². The van der Waals surface area contributed by atoms with Crippen molar-refractivity contribution in [2.24, 2.45) is 5.92 Å². The molecule has 30 heavy (non-hydrogen) atoms. The number of amides is 1. The molecule has 0 atom stereocenters. The van der Waals surface area contributed by atoms with E-state index in [-0.39, 0.29) is 18.0 Å². The summed E-state index contributed by atoms with van der Waals surface area (Å²) in [6.45, 7) is 4.00. The Balaban J connectivity index is 1.56. The summed E-state index contributed by atoms with van der Waals surface area (Å²) in [4.78, 5) is 24.7. The molecule has 1 N–H and O–H groups in total. The Hall–Kier alpha value is -3.39. The summed E-state index contributed by atoms with van der Waals surface area (Å²) in [6, 6.07) is 17.0. The van der Waals surface area contributed by atoms with Gasteiger partial charge in [-0.05, 0) is 22.8 Å². The van der Waals surface area contributed by atoms with Crippen LogP contribution in [-0.2, 0) is 17.8 Å². The molecule has 0 saturated carbocycles. The van der Waals surface area contributed by atoms with E-state index in [1.807, 2.05) is 42.5 Å². The summed E-state index contributed by atoms with van der Waals surface area (Å²) in [5, 5.41) is 18.6. The van der Waals surface area contributed by atoms with Gasteiger partial charge in [0.15, 0.2) is 0 Å². The van der Waals surface area contributed by atoms with Crippen LogP contribution >= 0.6 is 11.3 Å². The van der Waals surface area contributed by atoms with Gasteiger partial charge in [-0.1, -0.05) is 67.6 Å². The number of hydrogen-bond acceptors (Lipinski definition) is 6. The molecule has 0 saturated heterocycles. The highest BCUT2D eigenvalue weighted by Gasteiger charge is 2.13. The van der Waals surface area contributed by atoms with Crippen molar-refractivity contribution in [3.05, 3.63) is 70.0 Å². The van der Waals surface area contributed by atoms with Gasteiger partial charge in [0, 0.05) is 18.1 Å². The van der Waals surface area contributed by atoms with Gasteiger partial charge in [0.05, 0.1) is 5.69 Å². The number of hydrogen-bond donors (Lipinski definition) is 1. The van der Waals surface area contributed by atoms with Crippen LogP contribution in [-0.4, -0.2) is 25.9 Å². The van der Waals surface area contributed by atoms with Gasteiger partial charge in [0.2, 0.25) is 11.0 Å². The minimum absolute atomic E-state index is 0.198. The molecule has 0 unspecified atom stereocenters. The van der Waals surface area contributed by atoms with Crippen molar-refractivity contribution in [1.29, 1.82) is 0 Å². The lowest BCUT2D eigenvalue weighted by Gasteiger charge is -2.09. The van der Waals surface area contributed by atoms with Gasteiger partial charge < -0.3 is 0 Å². The van der Waals surface area contributed by atoms with E-state index < -0.39 is 0 Å². The van der Waals surface area contributed by atoms with Crippen molar-refractivity contribution in [2.75, 3.05) is 5.32 Å². The third-order valence-electron chi connectivity index (χ3n) is 4.52. The Morgan fingerprint density at radius 3 is 2.70 bits per heavy atom. The van der Waals surface area contributed by atoms with E-state index in [9.17, 15) is 9.59 Å². The van der Waals surface area contributed by atoms with E-state index in [0.29, 0.717) is 16.7 Å². The molecule has 2 aromatic heterocycles. The molecule has 2 heterocycles. The molecule has 0 fully saturated rings. The first-order valence-electron chi connectivity index (χ1n) is 9.68. The number of anilines is 1. The zero-order valence-electron chi connectivity index (χ0n) is 16.7. The minimum Gasteiger partial charge on any atom is -0.299 e. The lowest BCUT2D eigenvalue weighted by Crippen LogP contribution is -2.29. The molecule has 8 heteroatoms. The number of aromatic nitrogens is 4. The zero-order valence-corrected chi connectivity index (χ0v) is 17.5. The van der Waals surface area contributed by atoms with Gasteiger partial charge in [-0.3, -0.25) is 14.9 Å². The van der Waals surface area contributed by atoms with E-state index in [1.165, 1.54) is 22.1 Å². The van der Waals surface area contributed by atoms with E-state index in [2.05, 4.69) is 34.5 Å². The Morgan fingerprint density at radius 1 is 1.07 bits per heavy atom. The zero-order chi connectivity index (χ0) is 21.1. The number of carbonyl (C=O) groups is 1. The number of fused-ring (bicyclic) bond motifs is 1. The van der Waals surface area contributed by atoms with E-state index in [1.54, 1.807) is 6.07 Å². The Morgan fingerprint density at radius 2 is 1.87 bits per heavy atom. The van der Waals surface area contributed by atoms with Crippen LogP contribution in [0.15, 0.2) is 59.4 Å². The lowest BCUT2D eigenvalue weighted by molar-refractivity contribution is -0.117. The number of rotatable bonds is 6. The average molecular weight is 420 g/mol. The molecule has 0 aliphatic heterocycles. The molecule has 0 bridgehead atoms. The quantitative estimate of drug-likeness (QED) is 0.514. The van der Waals surface area contributed by atoms with Crippen LogP contribution in [0.1, 0.15) is 18.9 Å². The fraction of sp³-hybridized carbons (Fsp3) is 0.227. The van der Waals surface area contributed by atoms with Crippen LogP contribution in [0.5, 0.6) is 0 Å². The molecule has 1 amide bonds. The second kappa shape index (κ2) is 8.54. The third-order valence-corrected chi connectivity index (χ3v) is 5.38. The summed E-state index contributed by atoms with van der Waals surface area (Å²) in [7, 11) is 0. The van der Waals surface area contributed by atoms with Crippen LogP contribution in [0.3, 0.4) is 0 Å². The maximum absolute atomic E-state index is 12.5. The van der Waals surface area contributed by atoms with Crippen molar-refractivity contribution in [3.8, 4) is 11.3 Å². The first kappa shape index (κ1) is 19.9. The van der Waals surface area contributed by atoms with Crippen molar-refractivity contribution in [2.45, 2.75) is 26.8 Å². The summed E-state index contributed by atoms with van der Waals surface area (Å²) in [6.07, 6.45) is 0.807. The number of carbonyl (C=O) groups excluding carboxylic acids is 1. The standard InChI is InChI=1S/C22H21N5O2S/c1-14(2)12-20-24-25-22(30-20)23-19(28)13-27-21(29)11-10-18(26-27)17-9-5-7-15-6-3-4-8-16(15)17/h3-11,14H,12-13H2,1-2H3,(H,23,25,28). The Kier molecular flexibility index (Phi) is 5.67. The van der Waals surface area contributed by atoms with Crippen LogP contribution in [0.25, 0.3) is 22.0 Å². The SMILES string of the molecule is CC(C)Cc1nnc(NC(=O)Cn2nc(-c3cccc4ccccc34)ccc2=O)s1. The van der Waals surface area contributed by atoms with Crippen molar-refractivity contribution >= 4 is 33.1 Å². The van der Waals surface area contributed by atoms with Gasteiger partial charge in [-0.2, -0.15) is 5.10 Å². The number of nitrogens with one attached hydrogen (secondary N) is 1. The van der Waals surface area contributed by atoms with E-state index >= 15 is 0 Å². The minimum atomic E-state index is -0.369. The molecule has 0 aliphatic carbocycles. The number of nitrogens with zero attached hydrogens (tertiary/aromatic N) is 4. The largest absolute Gasteiger partial charge is 0.299 e. The molecule has 0 aliphatic rings. The molecule has 0 spiro atoms. The highest BCUT2D eigenvalue weighted by atomic mass is 32.1. The Bertz CT molecular complexity index is 1260. The fourth-order valence-corrected chi connectivity index (χ4v) is 4.15. The molecular weight excluding hydrogens is 398 g/mol. The van der Waals surface area contributed by atoms with Crippen molar-refractivity contribution in [3.63, 3.8) is 0 Å². The first-order valence-corrected chi connectivity index (χ1v) is 10.5. The second-order valence-electron chi connectivity index (χ2n) is 7.39. The summed E-state index contributed by atoms with van der Waals surface area (Å²) < 4.78 is 1.17. The van der Waals surface area contributed by atoms with Gasteiger partial charge in [-0.15, -0.1) is 10.2 Å². The first-order chi connectivity index (χ1) is 14.5. The lowest BCUT2D eigenvalue weighted by atomic mass is 10.0. The number of benzene rings is 2. The van der Waals surface area contributed by atoms with Crippen LogP contribution in [0.4, 0.5) is 5.13 Å². The maximum atomic E-state index is 12.5. The van der Waals surface area contributed by atoms with Crippen LogP contribution < -0.4 is 10.9 Å². The van der Waals surface area contributed by atoms with Crippen molar-refractivity contribution < 1.29 is 4.79 Å². The third kappa shape index (κ3) is 4.44. The van der Waals surface area contributed by atoms with E-state index in [0.717, 1.165) is 27.8 Å². The fourth-order valence-electron chi connectivity index (χ4n) is 3.19. The second-order valence-corrected chi connectivity index (χ2v) is 8.45. The maximum Gasteiger partial charge on any atom is 0.267 e. The van der Waals surface area contributed by atoms with Gasteiger partial charge in [0.1, 0.15) is 11.6 Å². The normalized spacial score (nSPS) is 11.2. The molecule has 4 aromatic rings. The molecule has 4 rings (SSSR count). The summed E-state index contributed by atoms with van der Waals surface area (Å²) in [5.41, 5.74) is 1.20. The van der Waals surface area contributed by atoms with Gasteiger partial charge in [-0.25, -0.2) is 4.68 Å². The highest BCUT2D eigenvalue weighted by molar-refractivity contribution is 7.15. The molecule has 152 valence electrons. The summed E-state index contributed by atoms with van der Waals surface area (Å²) in [5.74, 6) is 0.0907. The summed E-state index contributed by atoms with van der Waals surface area (Å²) >= 11 is 1.34. The van der Waals surface area contributed by atoms with Crippen molar-refractivity contribution in [1.82, 2.24) is 20.0 Å². The smallest absolute Gasteiger partial charge is 0.267 e. The molecular formula is C22H21N5O2S. The Labute approximate surface area is 177 Å². The van der Waals surface area contributed by atoms with Crippen LogP contribution in [0, 0.1) is 5.92 Å². The van der Waals surface area contributed by atoms with Crippen LogP contribution in [0.2, 0.25) is 0 Å². The van der Waals surface area contributed by atoms with Gasteiger partial charge >= 0.3 is 0 Å². The molecule has 7 nitrogen and oxygen atoms in total. The highest BCUT2D eigenvalue weighted by Crippen LogP contribution is 2.26.